The van der Waals surface area contributed by atoms with Gasteiger partial charge in [-0.3, -0.25) is 0 Å². The molecule has 0 radical (unpaired) electrons. The molecule has 0 fully saturated rings. The van der Waals surface area contributed by atoms with E-state index in [0.717, 1.165) is 47.5 Å². The van der Waals surface area contributed by atoms with Crippen LogP contribution in [0.2, 0.25) is 0 Å². The lowest BCUT2D eigenvalue weighted by atomic mass is 10.2. The zero-order chi connectivity index (χ0) is 15.6. The van der Waals surface area contributed by atoms with E-state index in [-0.39, 0.29) is 12.4 Å². The molecule has 1 aromatic heterocycles. The molecule has 23 heavy (non-hydrogen) atoms. The molecule has 0 aliphatic rings. The SMILES string of the molecule is COc1ccc(CNCCCSc2ncccn2)c(OC)c1.Cl. The number of hydrogen-bond donors (Lipinski definition) is 1. The molecule has 0 aliphatic heterocycles. The van der Waals surface area contributed by atoms with E-state index in [9.17, 15) is 0 Å². The molecule has 2 aromatic rings. The Hall–Kier alpha value is -1.50. The summed E-state index contributed by atoms with van der Waals surface area (Å²) in [5.74, 6) is 2.65. The average molecular weight is 356 g/mol. The van der Waals surface area contributed by atoms with Gasteiger partial charge in [0.05, 0.1) is 14.2 Å². The summed E-state index contributed by atoms with van der Waals surface area (Å²) in [4.78, 5) is 8.37. The summed E-state index contributed by atoms with van der Waals surface area (Å²) in [5, 5.41) is 4.26. The minimum Gasteiger partial charge on any atom is -0.497 e. The van der Waals surface area contributed by atoms with Gasteiger partial charge in [0.1, 0.15) is 11.5 Å². The predicted octanol–water partition coefficient (Wildman–Crippen LogP) is 3.19. The van der Waals surface area contributed by atoms with Gasteiger partial charge in [-0.05, 0) is 25.1 Å². The van der Waals surface area contributed by atoms with Crippen LogP contribution in [0.4, 0.5) is 0 Å². The van der Waals surface area contributed by atoms with Gasteiger partial charge in [0.2, 0.25) is 0 Å². The fraction of sp³-hybridized carbons (Fsp3) is 0.375. The number of hydrogen-bond acceptors (Lipinski definition) is 6. The first-order valence-electron chi connectivity index (χ1n) is 7.15. The maximum atomic E-state index is 5.38. The number of aromatic nitrogens is 2. The lowest BCUT2D eigenvalue weighted by Crippen LogP contribution is -2.16. The molecule has 0 aliphatic carbocycles. The molecule has 0 spiro atoms. The maximum absolute atomic E-state index is 5.38. The summed E-state index contributed by atoms with van der Waals surface area (Å²) in [6, 6.07) is 7.70. The van der Waals surface area contributed by atoms with Crippen molar-refractivity contribution in [3.63, 3.8) is 0 Å². The molecule has 1 N–H and O–H groups in total. The largest absolute Gasteiger partial charge is 0.497 e. The Bertz CT molecular complexity index is 573. The van der Waals surface area contributed by atoms with Gasteiger partial charge in [-0.1, -0.05) is 17.8 Å². The Kier molecular flexibility index (Phi) is 9.43. The first kappa shape index (κ1) is 19.5. The van der Waals surface area contributed by atoms with Crippen molar-refractivity contribution in [2.24, 2.45) is 0 Å². The van der Waals surface area contributed by atoms with Crippen LogP contribution in [0.25, 0.3) is 0 Å². The van der Waals surface area contributed by atoms with Crippen molar-refractivity contribution in [3.8, 4) is 11.5 Å². The Morgan fingerprint density at radius 2 is 1.91 bits per heavy atom. The summed E-state index contributed by atoms with van der Waals surface area (Å²) in [6.45, 7) is 1.72. The topological polar surface area (TPSA) is 56.3 Å². The van der Waals surface area contributed by atoms with Gasteiger partial charge in [-0.2, -0.15) is 0 Å². The third-order valence-corrected chi connectivity index (χ3v) is 4.04. The third kappa shape index (κ3) is 6.64. The van der Waals surface area contributed by atoms with Gasteiger partial charge < -0.3 is 14.8 Å². The van der Waals surface area contributed by atoms with Crippen LogP contribution in [-0.2, 0) is 6.54 Å². The fourth-order valence-electron chi connectivity index (χ4n) is 1.94. The smallest absolute Gasteiger partial charge is 0.187 e. The second-order valence-corrected chi connectivity index (χ2v) is 5.65. The number of methoxy groups -OCH3 is 2. The van der Waals surface area contributed by atoms with Crippen LogP contribution in [0.3, 0.4) is 0 Å². The first-order chi connectivity index (χ1) is 10.8. The number of nitrogens with zero attached hydrogens (tertiary/aromatic N) is 2. The van der Waals surface area contributed by atoms with Crippen molar-refractivity contribution in [1.29, 1.82) is 0 Å². The Morgan fingerprint density at radius 3 is 2.61 bits per heavy atom. The van der Waals surface area contributed by atoms with Crippen LogP contribution in [0, 0.1) is 0 Å². The minimum absolute atomic E-state index is 0. The Morgan fingerprint density at radius 1 is 1.13 bits per heavy atom. The summed E-state index contributed by atoms with van der Waals surface area (Å²) in [5.41, 5.74) is 1.13. The van der Waals surface area contributed by atoms with Crippen molar-refractivity contribution in [2.45, 2.75) is 18.1 Å². The minimum atomic E-state index is 0. The number of ether oxygens (including phenoxy) is 2. The highest BCUT2D eigenvalue weighted by atomic mass is 35.5. The predicted molar refractivity (Wildman–Crippen MR) is 95.9 cm³/mol. The van der Waals surface area contributed by atoms with Crippen LogP contribution in [-0.4, -0.2) is 36.5 Å². The zero-order valence-electron chi connectivity index (χ0n) is 13.3. The number of thioether (sulfide) groups is 1. The molecule has 1 heterocycles. The van der Waals surface area contributed by atoms with E-state index in [2.05, 4.69) is 15.3 Å². The Balaban J connectivity index is 0.00000264. The van der Waals surface area contributed by atoms with Crippen LogP contribution in [0.5, 0.6) is 11.5 Å². The highest BCUT2D eigenvalue weighted by Crippen LogP contribution is 2.24. The average Bonchev–Trinajstić information content (AvgIpc) is 2.59. The van der Waals surface area contributed by atoms with Gasteiger partial charge in [-0.25, -0.2) is 9.97 Å². The third-order valence-electron chi connectivity index (χ3n) is 3.08. The molecule has 1 aromatic carbocycles. The molecule has 5 nitrogen and oxygen atoms in total. The molecule has 7 heteroatoms. The molecule has 0 amide bonds. The van der Waals surface area contributed by atoms with E-state index in [1.807, 2.05) is 24.3 Å². The monoisotopic (exact) mass is 355 g/mol. The van der Waals surface area contributed by atoms with Gasteiger partial charge in [0.25, 0.3) is 0 Å². The van der Waals surface area contributed by atoms with Crippen LogP contribution in [0.1, 0.15) is 12.0 Å². The van der Waals surface area contributed by atoms with Crippen molar-refractivity contribution >= 4 is 24.2 Å². The van der Waals surface area contributed by atoms with E-state index in [4.69, 9.17) is 9.47 Å². The number of benzene rings is 1. The van der Waals surface area contributed by atoms with E-state index in [1.165, 1.54) is 0 Å². The number of nitrogens with one attached hydrogen (secondary N) is 1. The lowest BCUT2D eigenvalue weighted by molar-refractivity contribution is 0.390. The molecule has 2 rings (SSSR count). The Labute approximate surface area is 147 Å². The van der Waals surface area contributed by atoms with Gasteiger partial charge in [0.15, 0.2) is 5.16 Å². The number of rotatable bonds is 9. The summed E-state index contributed by atoms with van der Waals surface area (Å²) in [6.07, 6.45) is 4.59. The first-order valence-corrected chi connectivity index (χ1v) is 8.13. The highest BCUT2D eigenvalue weighted by Gasteiger charge is 2.04. The molecule has 0 bridgehead atoms. The quantitative estimate of drug-likeness (QED) is 0.423. The summed E-state index contributed by atoms with van der Waals surface area (Å²) >= 11 is 1.68. The molecule has 0 saturated heterocycles. The second-order valence-electron chi connectivity index (χ2n) is 4.59. The van der Waals surface area contributed by atoms with Gasteiger partial charge >= 0.3 is 0 Å². The van der Waals surface area contributed by atoms with E-state index >= 15 is 0 Å². The fourth-order valence-corrected chi connectivity index (χ4v) is 2.68. The normalized spacial score (nSPS) is 10.0. The lowest BCUT2D eigenvalue weighted by Gasteiger charge is -2.11. The van der Waals surface area contributed by atoms with Crippen LogP contribution >= 0.6 is 24.2 Å². The van der Waals surface area contributed by atoms with E-state index < -0.39 is 0 Å². The van der Waals surface area contributed by atoms with Crippen molar-refractivity contribution < 1.29 is 9.47 Å². The second kappa shape index (κ2) is 11.1. The zero-order valence-corrected chi connectivity index (χ0v) is 15.0. The van der Waals surface area contributed by atoms with E-state index in [0.29, 0.717) is 0 Å². The highest BCUT2D eigenvalue weighted by molar-refractivity contribution is 7.99. The standard InChI is InChI=1S/C16H21N3O2S.ClH/c1-20-14-6-5-13(15(11-14)21-2)12-17-7-4-10-22-16-18-8-3-9-19-16;/h3,5-6,8-9,11,17H,4,7,10,12H2,1-2H3;1H. The molecular weight excluding hydrogens is 334 g/mol. The maximum Gasteiger partial charge on any atom is 0.187 e. The van der Waals surface area contributed by atoms with Crippen LogP contribution in [0.15, 0.2) is 41.8 Å². The van der Waals surface area contributed by atoms with Crippen molar-refractivity contribution in [1.82, 2.24) is 15.3 Å². The molecule has 126 valence electrons. The number of halogens is 1. The van der Waals surface area contributed by atoms with E-state index in [1.54, 1.807) is 38.4 Å². The van der Waals surface area contributed by atoms with Gasteiger partial charge in [0, 0.05) is 36.3 Å². The van der Waals surface area contributed by atoms with Crippen molar-refractivity contribution in [3.05, 3.63) is 42.2 Å². The molecule has 0 atom stereocenters. The molecule has 0 saturated carbocycles. The van der Waals surface area contributed by atoms with Crippen molar-refractivity contribution in [2.75, 3.05) is 26.5 Å². The molecular formula is C16H22ClN3O2S. The van der Waals surface area contributed by atoms with Crippen LogP contribution < -0.4 is 14.8 Å². The summed E-state index contributed by atoms with van der Waals surface area (Å²) < 4.78 is 10.6. The summed E-state index contributed by atoms with van der Waals surface area (Å²) in [7, 11) is 3.33. The van der Waals surface area contributed by atoms with Gasteiger partial charge in [-0.15, -0.1) is 12.4 Å². The molecule has 0 unspecified atom stereocenters.